The largest absolute Gasteiger partial charge is 0.417 e. The maximum absolute atomic E-state index is 13.6. The molecule has 2 amide bonds. The number of carbonyl (C=O) groups is 2. The molecule has 0 bridgehead atoms. The van der Waals surface area contributed by atoms with Gasteiger partial charge < -0.3 is 19.9 Å². The zero-order chi connectivity index (χ0) is 24.9. The quantitative estimate of drug-likeness (QED) is 0.510. The molecule has 11 heteroatoms. The first-order chi connectivity index (χ1) is 16.2. The highest BCUT2D eigenvalue weighted by molar-refractivity contribution is 5.98. The number of nitriles is 1. The summed E-state index contributed by atoms with van der Waals surface area (Å²) in [7, 11) is 1.46. The predicted molar refractivity (Wildman–Crippen MR) is 114 cm³/mol. The van der Waals surface area contributed by atoms with E-state index in [2.05, 4.69) is 5.32 Å². The normalized spacial score (nSPS) is 16.2. The van der Waals surface area contributed by atoms with Crippen LogP contribution in [-0.2, 0) is 15.7 Å². The van der Waals surface area contributed by atoms with Gasteiger partial charge in [-0.05, 0) is 36.4 Å². The lowest BCUT2D eigenvalue weighted by Gasteiger charge is -2.41. The molecule has 1 unspecified atom stereocenters. The molecule has 3 rings (SSSR count). The molecule has 0 aliphatic carbocycles. The van der Waals surface area contributed by atoms with Crippen molar-refractivity contribution in [1.82, 2.24) is 10.2 Å². The fourth-order valence-electron chi connectivity index (χ4n) is 3.73. The Bertz CT molecular complexity index is 1100. The van der Waals surface area contributed by atoms with Crippen molar-refractivity contribution in [2.24, 2.45) is 0 Å². The monoisotopic (exact) mass is 478 g/mol. The number of carbonyl (C=O) groups excluding carboxylic acids is 2. The van der Waals surface area contributed by atoms with Gasteiger partial charge in [0.2, 0.25) is 5.91 Å². The van der Waals surface area contributed by atoms with E-state index in [9.17, 15) is 27.2 Å². The Kier molecular flexibility index (Phi) is 7.73. The summed E-state index contributed by atoms with van der Waals surface area (Å²) >= 11 is 0. The molecular weight excluding hydrogens is 456 g/mol. The number of benzene rings is 2. The highest BCUT2D eigenvalue weighted by atomic mass is 19.4. The number of ether oxygens (including phenoxy) is 1. The Morgan fingerprint density at radius 3 is 2.62 bits per heavy atom. The molecule has 0 saturated carbocycles. The summed E-state index contributed by atoms with van der Waals surface area (Å²) in [5, 5.41) is 11.7. The number of nitrogens with zero attached hydrogens (tertiary/aromatic N) is 3. The van der Waals surface area contributed by atoms with E-state index >= 15 is 0 Å². The second kappa shape index (κ2) is 10.5. The van der Waals surface area contributed by atoms with Crippen molar-refractivity contribution in [2.75, 3.05) is 44.8 Å². The van der Waals surface area contributed by atoms with E-state index in [1.54, 1.807) is 4.90 Å². The number of amides is 2. The zero-order valence-electron chi connectivity index (χ0n) is 18.2. The summed E-state index contributed by atoms with van der Waals surface area (Å²) in [5.74, 6) is -1.69. The van der Waals surface area contributed by atoms with Crippen LogP contribution in [0.4, 0.5) is 23.2 Å². The Labute approximate surface area is 193 Å². The molecule has 1 N–H and O–H groups in total. The van der Waals surface area contributed by atoms with E-state index in [0.717, 1.165) is 18.2 Å². The molecule has 2 aromatic carbocycles. The van der Waals surface area contributed by atoms with E-state index in [-0.39, 0.29) is 44.0 Å². The molecule has 1 fully saturated rings. The average molecular weight is 478 g/mol. The first-order valence-corrected chi connectivity index (χ1v) is 10.3. The van der Waals surface area contributed by atoms with Crippen molar-refractivity contribution in [3.8, 4) is 6.07 Å². The van der Waals surface area contributed by atoms with Crippen molar-refractivity contribution >= 4 is 17.5 Å². The molecule has 180 valence electrons. The van der Waals surface area contributed by atoms with Crippen LogP contribution in [0.5, 0.6) is 0 Å². The fraction of sp³-hybridized carbons (Fsp3) is 0.348. The van der Waals surface area contributed by atoms with E-state index in [1.807, 2.05) is 0 Å². The average Bonchev–Trinajstić information content (AvgIpc) is 2.82. The standard InChI is InChI=1S/C23H22F4N4O3/c1-34-10-7-29-21(32)20-14-30(18-6-5-16(13-28)19(12-18)23(25,26)27)8-9-31(20)22(33)15-3-2-4-17(24)11-15/h2-6,11-12,20H,7-10,14H2,1H3,(H,29,32). The lowest BCUT2D eigenvalue weighted by atomic mass is 10.0. The van der Waals surface area contributed by atoms with Crippen molar-refractivity contribution in [2.45, 2.75) is 12.2 Å². The van der Waals surface area contributed by atoms with Crippen molar-refractivity contribution in [1.29, 1.82) is 5.26 Å². The number of hydrogen-bond donors (Lipinski definition) is 1. The molecule has 0 radical (unpaired) electrons. The fourth-order valence-corrected chi connectivity index (χ4v) is 3.73. The number of halogens is 4. The van der Waals surface area contributed by atoms with E-state index in [4.69, 9.17) is 10.00 Å². The summed E-state index contributed by atoms with van der Waals surface area (Å²) in [4.78, 5) is 28.8. The minimum atomic E-state index is -4.73. The van der Waals surface area contributed by atoms with Gasteiger partial charge in [0.25, 0.3) is 5.91 Å². The van der Waals surface area contributed by atoms with Crippen molar-refractivity contribution in [3.63, 3.8) is 0 Å². The van der Waals surface area contributed by atoms with Crippen molar-refractivity contribution < 1.29 is 31.9 Å². The number of anilines is 1. The van der Waals surface area contributed by atoms with Gasteiger partial charge in [0.1, 0.15) is 11.9 Å². The van der Waals surface area contributed by atoms with Crippen molar-refractivity contribution in [3.05, 3.63) is 65.0 Å². The van der Waals surface area contributed by atoms with Gasteiger partial charge in [-0.1, -0.05) is 6.07 Å². The third kappa shape index (κ3) is 5.63. The molecule has 1 saturated heterocycles. The van der Waals surface area contributed by atoms with Crippen LogP contribution in [0.25, 0.3) is 0 Å². The number of rotatable bonds is 6. The molecule has 0 aromatic heterocycles. The van der Waals surface area contributed by atoms with Gasteiger partial charge in [0, 0.05) is 44.5 Å². The minimum Gasteiger partial charge on any atom is -0.383 e. The second-order valence-corrected chi connectivity index (χ2v) is 7.59. The Balaban J connectivity index is 1.90. The van der Waals surface area contributed by atoms with E-state index in [0.29, 0.717) is 0 Å². The Morgan fingerprint density at radius 1 is 1.21 bits per heavy atom. The van der Waals surface area contributed by atoms with Gasteiger partial charge in [-0.15, -0.1) is 0 Å². The SMILES string of the molecule is COCCNC(=O)C1CN(c2ccc(C#N)c(C(F)(F)F)c2)CCN1C(=O)c1cccc(F)c1. The van der Waals surface area contributed by atoms with Crippen LogP contribution in [0, 0.1) is 17.1 Å². The lowest BCUT2D eigenvalue weighted by Crippen LogP contribution is -2.61. The Morgan fingerprint density at radius 2 is 1.97 bits per heavy atom. The van der Waals surface area contributed by atoms with Crippen LogP contribution in [0.15, 0.2) is 42.5 Å². The summed E-state index contributed by atoms with van der Waals surface area (Å²) in [6, 6.07) is 8.85. The van der Waals surface area contributed by atoms with Crippen LogP contribution >= 0.6 is 0 Å². The van der Waals surface area contributed by atoms with E-state index in [1.165, 1.54) is 42.3 Å². The summed E-state index contributed by atoms with van der Waals surface area (Å²) < 4.78 is 58.8. The first kappa shape index (κ1) is 25.0. The second-order valence-electron chi connectivity index (χ2n) is 7.59. The van der Waals surface area contributed by atoms with Crippen LogP contribution in [0.3, 0.4) is 0 Å². The molecule has 7 nitrogen and oxygen atoms in total. The molecule has 0 spiro atoms. The number of alkyl halides is 3. The maximum atomic E-state index is 13.6. The Hall–Kier alpha value is -3.65. The number of methoxy groups -OCH3 is 1. The molecule has 1 aliphatic heterocycles. The molecule has 2 aromatic rings. The van der Waals surface area contributed by atoms with Crippen LogP contribution in [0.2, 0.25) is 0 Å². The minimum absolute atomic E-state index is 0.0130. The lowest BCUT2D eigenvalue weighted by molar-refractivity contribution is -0.137. The molecule has 1 heterocycles. The molecular formula is C23H22F4N4O3. The van der Waals surface area contributed by atoms with Crippen LogP contribution < -0.4 is 10.2 Å². The highest BCUT2D eigenvalue weighted by Crippen LogP contribution is 2.35. The molecule has 1 atom stereocenters. The third-order valence-electron chi connectivity index (χ3n) is 5.42. The van der Waals surface area contributed by atoms with E-state index < -0.39 is 41.0 Å². The summed E-state index contributed by atoms with van der Waals surface area (Å²) in [6.45, 7) is 0.446. The number of nitrogens with one attached hydrogen (secondary N) is 1. The predicted octanol–water partition coefficient (Wildman–Crippen LogP) is 2.81. The van der Waals surface area contributed by atoms with Crippen LogP contribution in [0.1, 0.15) is 21.5 Å². The zero-order valence-corrected chi connectivity index (χ0v) is 18.2. The molecule has 34 heavy (non-hydrogen) atoms. The highest BCUT2D eigenvalue weighted by Gasteiger charge is 2.38. The number of hydrogen-bond acceptors (Lipinski definition) is 5. The number of piperazine rings is 1. The van der Waals surface area contributed by atoms with Gasteiger partial charge in [-0.25, -0.2) is 4.39 Å². The smallest absolute Gasteiger partial charge is 0.383 e. The van der Waals surface area contributed by atoms with Gasteiger partial charge in [0.15, 0.2) is 0 Å². The summed E-state index contributed by atoms with van der Waals surface area (Å²) in [6.07, 6.45) is -4.73. The van der Waals surface area contributed by atoms with Gasteiger partial charge >= 0.3 is 6.18 Å². The summed E-state index contributed by atoms with van der Waals surface area (Å²) in [5.41, 5.74) is -1.36. The maximum Gasteiger partial charge on any atom is 0.417 e. The first-order valence-electron chi connectivity index (χ1n) is 10.3. The van der Waals surface area contributed by atoms with Gasteiger partial charge in [-0.2, -0.15) is 18.4 Å². The van der Waals surface area contributed by atoms with Crippen LogP contribution in [-0.4, -0.2) is 62.7 Å². The third-order valence-corrected chi connectivity index (χ3v) is 5.42. The van der Waals surface area contributed by atoms with Gasteiger partial charge in [-0.3, -0.25) is 9.59 Å². The topological polar surface area (TPSA) is 85.7 Å². The van der Waals surface area contributed by atoms with Gasteiger partial charge in [0.05, 0.1) is 23.8 Å². The molecule has 1 aliphatic rings.